The lowest BCUT2D eigenvalue weighted by Crippen LogP contribution is -2.13. The highest BCUT2D eigenvalue weighted by molar-refractivity contribution is 7.99. The monoisotopic (exact) mass is 357 g/mol. The van der Waals surface area contributed by atoms with Gasteiger partial charge in [-0.3, -0.25) is 9.78 Å². The van der Waals surface area contributed by atoms with Gasteiger partial charge in [0.15, 0.2) is 0 Å². The van der Waals surface area contributed by atoms with E-state index in [0.29, 0.717) is 10.6 Å². The van der Waals surface area contributed by atoms with Crippen LogP contribution in [-0.2, 0) is 0 Å². The molecular weight excluding hydrogens is 342 g/mol. The maximum Gasteiger partial charge on any atom is 0.258 e. The fraction of sp³-hybridized carbons (Fsp3) is 0. The van der Waals surface area contributed by atoms with Gasteiger partial charge in [-0.15, -0.1) is 0 Å². The summed E-state index contributed by atoms with van der Waals surface area (Å²) in [4.78, 5) is 22.6. The quantitative estimate of drug-likeness (QED) is 0.556. The highest BCUT2D eigenvalue weighted by atomic mass is 32.2. The predicted molar refractivity (Wildman–Crippen MR) is 104 cm³/mol. The number of carbonyl (C=O) groups excluding carboxylic acids is 1. The van der Waals surface area contributed by atoms with Crippen LogP contribution in [0.15, 0.2) is 95.1 Å². The number of rotatable bonds is 4. The fourth-order valence-electron chi connectivity index (χ4n) is 2.65. The number of nitrogens with one attached hydrogen (secondary N) is 1. The van der Waals surface area contributed by atoms with Crippen molar-refractivity contribution < 1.29 is 4.79 Å². The first-order chi connectivity index (χ1) is 12.8. The highest BCUT2D eigenvalue weighted by Crippen LogP contribution is 2.29. The molecule has 0 saturated carbocycles. The molecule has 4 nitrogen and oxygen atoms in total. The molecule has 0 radical (unpaired) electrons. The molecule has 0 atom stereocenters. The Kier molecular flexibility index (Phi) is 4.62. The van der Waals surface area contributed by atoms with E-state index >= 15 is 0 Å². The van der Waals surface area contributed by atoms with Gasteiger partial charge in [-0.05, 0) is 48.5 Å². The van der Waals surface area contributed by atoms with Gasteiger partial charge in [0.2, 0.25) is 0 Å². The van der Waals surface area contributed by atoms with Crippen molar-refractivity contribution in [2.45, 2.75) is 9.92 Å². The Labute approximate surface area is 155 Å². The van der Waals surface area contributed by atoms with E-state index in [-0.39, 0.29) is 5.91 Å². The van der Waals surface area contributed by atoms with Gasteiger partial charge in [0.1, 0.15) is 5.03 Å². The minimum atomic E-state index is -0.187. The topological polar surface area (TPSA) is 54.9 Å². The van der Waals surface area contributed by atoms with Gasteiger partial charge in [-0.2, -0.15) is 0 Å². The van der Waals surface area contributed by atoms with E-state index in [1.165, 1.54) is 11.8 Å². The van der Waals surface area contributed by atoms with Gasteiger partial charge in [0, 0.05) is 22.7 Å². The predicted octanol–water partition coefficient (Wildman–Crippen LogP) is 5.03. The average molecular weight is 357 g/mol. The molecule has 0 bridgehead atoms. The molecular formula is C21H15N3OS. The molecule has 0 aliphatic heterocycles. The van der Waals surface area contributed by atoms with Gasteiger partial charge in [-0.25, -0.2) is 4.98 Å². The Bertz CT molecular complexity index is 1060. The van der Waals surface area contributed by atoms with Gasteiger partial charge in [0.25, 0.3) is 5.91 Å². The van der Waals surface area contributed by atoms with Crippen LogP contribution in [0.1, 0.15) is 10.4 Å². The zero-order valence-corrected chi connectivity index (χ0v) is 14.6. The van der Waals surface area contributed by atoms with E-state index in [1.54, 1.807) is 24.5 Å². The third-order valence-electron chi connectivity index (χ3n) is 3.87. The fourth-order valence-corrected chi connectivity index (χ4v) is 3.55. The number of nitrogens with zero attached hydrogens (tertiary/aromatic N) is 2. The van der Waals surface area contributed by atoms with Crippen LogP contribution in [0.3, 0.4) is 0 Å². The molecule has 0 aliphatic rings. The molecule has 5 heteroatoms. The number of pyridine rings is 2. The Morgan fingerprint density at radius 3 is 2.50 bits per heavy atom. The van der Waals surface area contributed by atoms with Gasteiger partial charge < -0.3 is 5.32 Å². The largest absolute Gasteiger partial charge is 0.321 e. The number of anilines is 1. The summed E-state index contributed by atoms with van der Waals surface area (Å²) in [7, 11) is 0. The first kappa shape index (κ1) is 16.3. The van der Waals surface area contributed by atoms with Crippen LogP contribution in [0.2, 0.25) is 0 Å². The first-order valence-electron chi connectivity index (χ1n) is 8.14. The van der Waals surface area contributed by atoms with Gasteiger partial charge in [-0.1, -0.05) is 36.0 Å². The standard InChI is InChI=1S/C21H15N3OS/c25-20(24-19-12-4-11-18-16(19)9-5-13-22-18)17-10-6-14-23-21(17)26-15-7-2-1-3-8-15/h1-14H,(H,24,25). The van der Waals surface area contributed by atoms with Crippen molar-refractivity contribution in [2.24, 2.45) is 0 Å². The normalized spacial score (nSPS) is 10.6. The molecule has 4 aromatic rings. The molecule has 2 aromatic carbocycles. The number of amides is 1. The summed E-state index contributed by atoms with van der Waals surface area (Å²) in [5.74, 6) is -0.187. The molecule has 2 aromatic heterocycles. The van der Waals surface area contributed by atoms with Crippen LogP contribution in [0.25, 0.3) is 10.9 Å². The Morgan fingerprint density at radius 2 is 1.62 bits per heavy atom. The SMILES string of the molecule is O=C(Nc1cccc2ncccc12)c1cccnc1Sc1ccccc1. The van der Waals surface area contributed by atoms with E-state index in [0.717, 1.165) is 21.5 Å². The zero-order valence-electron chi connectivity index (χ0n) is 13.8. The van der Waals surface area contributed by atoms with E-state index in [2.05, 4.69) is 15.3 Å². The van der Waals surface area contributed by atoms with Crippen molar-refractivity contribution >= 4 is 34.3 Å². The lowest BCUT2D eigenvalue weighted by molar-refractivity contribution is 0.102. The van der Waals surface area contributed by atoms with Crippen molar-refractivity contribution in [3.63, 3.8) is 0 Å². The summed E-state index contributed by atoms with van der Waals surface area (Å²) in [6, 6.07) is 22.9. The molecule has 2 heterocycles. The van der Waals surface area contributed by atoms with Crippen molar-refractivity contribution in [1.82, 2.24) is 9.97 Å². The molecule has 0 fully saturated rings. The smallest absolute Gasteiger partial charge is 0.258 e. The average Bonchev–Trinajstić information content (AvgIpc) is 2.69. The minimum Gasteiger partial charge on any atom is -0.321 e. The van der Waals surface area contributed by atoms with Crippen molar-refractivity contribution in [2.75, 3.05) is 5.32 Å². The second kappa shape index (κ2) is 7.37. The maximum atomic E-state index is 12.9. The molecule has 1 N–H and O–H groups in total. The summed E-state index contributed by atoms with van der Waals surface area (Å²) < 4.78 is 0. The second-order valence-electron chi connectivity index (χ2n) is 5.60. The summed E-state index contributed by atoms with van der Waals surface area (Å²) in [5.41, 5.74) is 2.12. The van der Waals surface area contributed by atoms with Crippen LogP contribution in [0, 0.1) is 0 Å². The molecule has 0 aliphatic carbocycles. The number of benzene rings is 2. The Balaban J connectivity index is 1.64. The first-order valence-corrected chi connectivity index (χ1v) is 8.96. The minimum absolute atomic E-state index is 0.187. The van der Waals surface area contributed by atoms with Crippen molar-refractivity contribution in [1.29, 1.82) is 0 Å². The molecule has 0 spiro atoms. The molecule has 126 valence electrons. The summed E-state index contributed by atoms with van der Waals surface area (Å²) in [6.45, 7) is 0. The van der Waals surface area contributed by atoms with E-state index < -0.39 is 0 Å². The van der Waals surface area contributed by atoms with Crippen molar-refractivity contribution in [3.8, 4) is 0 Å². The third kappa shape index (κ3) is 3.43. The van der Waals surface area contributed by atoms with Crippen LogP contribution in [-0.4, -0.2) is 15.9 Å². The van der Waals surface area contributed by atoms with Gasteiger partial charge in [0.05, 0.1) is 16.8 Å². The second-order valence-corrected chi connectivity index (χ2v) is 6.66. The van der Waals surface area contributed by atoms with E-state index in [9.17, 15) is 4.79 Å². The van der Waals surface area contributed by atoms with Crippen LogP contribution < -0.4 is 5.32 Å². The van der Waals surface area contributed by atoms with Crippen LogP contribution >= 0.6 is 11.8 Å². The van der Waals surface area contributed by atoms with Crippen LogP contribution in [0.5, 0.6) is 0 Å². The number of aromatic nitrogens is 2. The Morgan fingerprint density at radius 1 is 0.808 bits per heavy atom. The van der Waals surface area contributed by atoms with Gasteiger partial charge >= 0.3 is 0 Å². The summed E-state index contributed by atoms with van der Waals surface area (Å²) in [5, 5.41) is 4.58. The Hall–Kier alpha value is -3.18. The van der Waals surface area contributed by atoms with E-state index in [1.807, 2.05) is 60.7 Å². The molecule has 4 rings (SSSR count). The lowest BCUT2D eigenvalue weighted by atomic mass is 10.1. The molecule has 1 amide bonds. The third-order valence-corrected chi connectivity index (χ3v) is 4.89. The molecule has 26 heavy (non-hydrogen) atoms. The zero-order chi connectivity index (χ0) is 17.8. The van der Waals surface area contributed by atoms with Crippen LogP contribution in [0.4, 0.5) is 5.69 Å². The number of carbonyl (C=O) groups is 1. The molecule has 0 saturated heterocycles. The lowest BCUT2D eigenvalue weighted by Gasteiger charge is -2.11. The maximum absolute atomic E-state index is 12.9. The highest BCUT2D eigenvalue weighted by Gasteiger charge is 2.14. The number of hydrogen-bond acceptors (Lipinski definition) is 4. The number of fused-ring (bicyclic) bond motifs is 1. The van der Waals surface area contributed by atoms with Crippen molar-refractivity contribution in [3.05, 3.63) is 90.8 Å². The summed E-state index contributed by atoms with van der Waals surface area (Å²) in [6.07, 6.45) is 3.44. The number of hydrogen-bond donors (Lipinski definition) is 1. The molecule has 0 unspecified atom stereocenters. The summed E-state index contributed by atoms with van der Waals surface area (Å²) >= 11 is 1.47. The van der Waals surface area contributed by atoms with E-state index in [4.69, 9.17) is 0 Å².